The summed E-state index contributed by atoms with van der Waals surface area (Å²) in [5, 5.41) is 7.01. The van der Waals surface area contributed by atoms with E-state index in [0.717, 1.165) is 18.0 Å². The van der Waals surface area contributed by atoms with Crippen molar-refractivity contribution in [1.29, 1.82) is 0 Å². The Kier molecular flexibility index (Phi) is 1.66. The standard InChI is InChI=1S/C8H16N2/c1-6-7-5-10-8(7)3-2-4-9-6/h6-10H,2-5H2,1H3. The molecule has 2 nitrogen and oxygen atoms in total. The monoisotopic (exact) mass is 140 g/mol. The van der Waals surface area contributed by atoms with Crippen LogP contribution in [-0.4, -0.2) is 25.2 Å². The molecule has 2 heterocycles. The van der Waals surface area contributed by atoms with Gasteiger partial charge in [-0.25, -0.2) is 0 Å². The van der Waals surface area contributed by atoms with Crippen LogP contribution in [0.25, 0.3) is 0 Å². The zero-order chi connectivity index (χ0) is 6.97. The van der Waals surface area contributed by atoms with Gasteiger partial charge in [-0.3, -0.25) is 0 Å². The van der Waals surface area contributed by atoms with E-state index in [4.69, 9.17) is 0 Å². The molecule has 0 aromatic rings. The normalized spacial score (nSPS) is 47.1. The Morgan fingerprint density at radius 1 is 1.30 bits per heavy atom. The van der Waals surface area contributed by atoms with Crippen molar-refractivity contribution in [3.8, 4) is 0 Å². The molecule has 0 bridgehead atoms. The zero-order valence-corrected chi connectivity index (χ0v) is 6.56. The fourth-order valence-corrected chi connectivity index (χ4v) is 2.07. The Balaban J connectivity index is 1.98. The van der Waals surface area contributed by atoms with Crippen LogP contribution in [0.2, 0.25) is 0 Å². The molecule has 2 N–H and O–H groups in total. The summed E-state index contributed by atoms with van der Waals surface area (Å²) in [5.41, 5.74) is 0. The zero-order valence-electron chi connectivity index (χ0n) is 6.56. The molecule has 2 aliphatic heterocycles. The van der Waals surface area contributed by atoms with Gasteiger partial charge in [-0.05, 0) is 26.3 Å². The molecule has 10 heavy (non-hydrogen) atoms. The van der Waals surface area contributed by atoms with Crippen LogP contribution in [-0.2, 0) is 0 Å². The summed E-state index contributed by atoms with van der Waals surface area (Å²) in [4.78, 5) is 0. The maximum absolute atomic E-state index is 3.54. The summed E-state index contributed by atoms with van der Waals surface area (Å²) in [5.74, 6) is 0.919. The summed E-state index contributed by atoms with van der Waals surface area (Å²) in [7, 11) is 0. The summed E-state index contributed by atoms with van der Waals surface area (Å²) < 4.78 is 0. The average molecular weight is 140 g/mol. The largest absolute Gasteiger partial charge is 0.314 e. The van der Waals surface area contributed by atoms with Crippen LogP contribution in [0, 0.1) is 5.92 Å². The van der Waals surface area contributed by atoms with Gasteiger partial charge in [-0.15, -0.1) is 0 Å². The molecule has 2 saturated heterocycles. The fraction of sp³-hybridized carbons (Fsp3) is 1.00. The molecule has 0 aliphatic carbocycles. The molecule has 0 aromatic carbocycles. The van der Waals surface area contributed by atoms with Crippen LogP contribution >= 0.6 is 0 Å². The van der Waals surface area contributed by atoms with E-state index >= 15 is 0 Å². The highest BCUT2D eigenvalue weighted by atomic mass is 15.1. The fourth-order valence-electron chi connectivity index (χ4n) is 2.07. The third-order valence-electron chi connectivity index (χ3n) is 2.93. The Morgan fingerprint density at radius 2 is 2.20 bits per heavy atom. The van der Waals surface area contributed by atoms with E-state index in [2.05, 4.69) is 17.6 Å². The molecule has 3 unspecified atom stereocenters. The van der Waals surface area contributed by atoms with Crippen LogP contribution < -0.4 is 10.6 Å². The first-order chi connectivity index (χ1) is 4.88. The van der Waals surface area contributed by atoms with Crippen LogP contribution in [0.1, 0.15) is 19.8 Å². The van der Waals surface area contributed by atoms with E-state index in [1.807, 2.05) is 0 Å². The molecule has 0 spiro atoms. The van der Waals surface area contributed by atoms with Crippen molar-refractivity contribution in [2.45, 2.75) is 31.8 Å². The summed E-state index contributed by atoms with van der Waals surface area (Å²) in [6, 6.07) is 1.58. The van der Waals surface area contributed by atoms with Crippen molar-refractivity contribution >= 4 is 0 Å². The van der Waals surface area contributed by atoms with Crippen molar-refractivity contribution < 1.29 is 0 Å². The van der Waals surface area contributed by atoms with Crippen molar-refractivity contribution in [2.24, 2.45) is 5.92 Å². The van der Waals surface area contributed by atoms with Gasteiger partial charge in [0, 0.05) is 24.5 Å². The highest BCUT2D eigenvalue weighted by Gasteiger charge is 2.35. The van der Waals surface area contributed by atoms with Crippen molar-refractivity contribution in [2.75, 3.05) is 13.1 Å². The topological polar surface area (TPSA) is 24.1 Å². The molecule has 0 amide bonds. The lowest BCUT2D eigenvalue weighted by Crippen LogP contribution is -2.58. The van der Waals surface area contributed by atoms with Gasteiger partial charge in [0.1, 0.15) is 0 Å². The summed E-state index contributed by atoms with van der Waals surface area (Å²) in [6.45, 7) is 4.76. The third kappa shape index (κ3) is 0.956. The van der Waals surface area contributed by atoms with Gasteiger partial charge in [0.05, 0.1) is 0 Å². The van der Waals surface area contributed by atoms with Gasteiger partial charge in [0.2, 0.25) is 0 Å². The van der Waals surface area contributed by atoms with E-state index in [-0.39, 0.29) is 0 Å². The Morgan fingerprint density at radius 3 is 2.90 bits per heavy atom. The maximum atomic E-state index is 3.54. The average Bonchev–Trinajstić information content (AvgIpc) is 1.92. The minimum absolute atomic E-state index is 0.744. The van der Waals surface area contributed by atoms with Crippen LogP contribution in [0.4, 0.5) is 0 Å². The van der Waals surface area contributed by atoms with Crippen molar-refractivity contribution in [3.05, 3.63) is 0 Å². The lowest BCUT2D eigenvalue weighted by atomic mass is 9.84. The van der Waals surface area contributed by atoms with E-state index in [0.29, 0.717) is 0 Å². The van der Waals surface area contributed by atoms with E-state index < -0.39 is 0 Å². The predicted molar refractivity (Wildman–Crippen MR) is 42.0 cm³/mol. The minimum atomic E-state index is 0.744. The number of nitrogens with one attached hydrogen (secondary N) is 2. The maximum Gasteiger partial charge on any atom is 0.0123 e. The quantitative estimate of drug-likeness (QED) is 0.507. The molecule has 3 atom stereocenters. The van der Waals surface area contributed by atoms with Crippen LogP contribution in [0.3, 0.4) is 0 Å². The smallest absolute Gasteiger partial charge is 0.0123 e. The van der Waals surface area contributed by atoms with Crippen molar-refractivity contribution in [3.63, 3.8) is 0 Å². The van der Waals surface area contributed by atoms with Crippen molar-refractivity contribution in [1.82, 2.24) is 10.6 Å². The molecule has 2 heteroatoms. The second kappa shape index (κ2) is 2.51. The minimum Gasteiger partial charge on any atom is -0.314 e. The molecule has 0 saturated carbocycles. The van der Waals surface area contributed by atoms with Gasteiger partial charge in [-0.1, -0.05) is 0 Å². The van der Waals surface area contributed by atoms with E-state index in [1.54, 1.807) is 0 Å². The molecular weight excluding hydrogens is 124 g/mol. The van der Waals surface area contributed by atoms with Crippen LogP contribution in [0.15, 0.2) is 0 Å². The molecule has 58 valence electrons. The lowest BCUT2D eigenvalue weighted by molar-refractivity contribution is 0.192. The first-order valence-electron chi connectivity index (χ1n) is 4.34. The van der Waals surface area contributed by atoms with Gasteiger partial charge in [0.25, 0.3) is 0 Å². The molecule has 2 rings (SSSR count). The molecule has 0 radical (unpaired) electrons. The van der Waals surface area contributed by atoms with Crippen LogP contribution in [0.5, 0.6) is 0 Å². The van der Waals surface area contributed by atoms with Gasteiger partial charge >= 0.3 is 0 Å². The molecule has 0 aromatic heterocycles. The third-order valence-corrected chi connectivity index (χ3v) is 2.93. The summed E-state index contributed by atoms with van der Waals surface area (Å²) in [6.07, 6.45) is 2.72. The van der Waals surface area contributed by atoms with E-state index in [9.17, 15) is 0 Å². The SMILES string of the molecule is CC1NCCCC2NCC12. The van der Waals surface area contributed by atoms with Gasteiger partial charge in [-0.2, -0.15) is 0 Å². The second-order valence-corrected chi connectivity index (χ2v) is 3.56. The highest BCUT2D eigenvalue weighted by Crippen LogP contribution is 2.23. The highest BCUT2D eigenvalue weighted by molar-refractivity contribution is 4.95. The number of fused-ring (bicyclic) bond motifs is 1. The summed E-state index contributed by atoms with van der Waals surface area (Å²) >= 11 is 0. The molecule has 2 fully saturated rings. The number of rotatable bonds is 0. The number of hydrogen-bond donors (Lipinski definition) is 2. The Labute approximate surface area is 62.4 Å². The van der Waals surface area contributed by atoms with Gasteiger partial charge in [0.15, 0.2) is 0 Å². The Hall–Kier alpha value is -0.0800. The van der Waals surface area contributed by atoms with E-state index in [1.165, 1.54) is 25.9 Å². The molecule has 2 aliphatic rings. The van der Waals surface area contributed by atoms with Gasteiger partial charge < -0.3 is 10.6 Å². The lowest BCUT2D eigenvalue weighted by Gasteiger charge is -2.40. The second-order valence-electron chi connectivity index (χ2n) is 3.56. The first-order valence-corrected chi connectivity index (χ1v) is 4.34. The molecular formula is C8H16N2. The number of hydrogen-bond acceptors (Lipinski definition) is 2. The first kappa shape index (κ1) is 6.62. The predicted octanol–water partition coefficient (Wildman–Crippen LogP) is 0.346. The Bertz CT molecular complexity index is 116.